The van der Waals surface area contributed by atoms with Crippen molar-refractivity contribution in [2.24, 2.45) is 10.4 Å². The summed E-state index contributed by atoms with van der Waals surface area (Å²) >= 11 is 3.46. The molecule has 0 aliphatic carbocycles. The Kier molecular flexibility index (Phi) is 4.67. The molecule has 1 aliphatic heterocycles. The number of halogens is 1. The first kappa shape index (κ1) is 14.6. The molecule has 2 rings (SSSR count). The Morgan fingerprint density at radius 1 is 1.32 bits per heavy atom. The lowest BCUT2D eigenvalue weighted by Gasteiger charge is -2.23. The smallest absolute Gasteiger partial charge is 0.189 e. The number of hydrogen-bond acceptors (Lipinski definition) is 2. The fraction of sp³-hybridized carbons (Fsp3) is 0.562. The molecule has 0 saturated carbocycles. The second-order valence-corrected chi connectivity index (χ2v) is 6.72. The van der Waals surface area contributed by atoms with E-state index in [2.05, 4.69) is 61.0 Å². The van der Waals surface area contributed by atoms with Crippen LogP contribution in [0.4, 0.5) is 0 Å². The molecule has 0 radical (unpaired) electrons. The molecule has 0 aromatic heterocycles. The van der Waals surface area contributed by atoms with Crippen molar-refractivity contribution in [2.45, 2.75) is 46.1 Å². The lowest BCUT2D eigenvalue weighted by atomic mass is 9.87. The van der Waals surface area contributed by atoms with Crippen LogP contribution in [0.25, 0.3) is 0 Å². The zero-order valence-electron chi connectivity index (χ0n) is 11.9. The highest BCUT2D eigenvalue weighted by Gasteiger charge is 2.32. The Balaban J connectivity index is 2.09. The minimum absolute atomic E-state index is 0.0557. The van der Waals surface area contributed by atoms with E-state index in [0.29, 0.717) is 6.61 Å². The van der Waals surface area contributed by atoms with E-state index >= 15 is 0 Å². The van der Waals surface area contributed by atoms with Crippen molar-refractivity contribution in [1.82, 2.24) is 0 Å². The van der Waals surface area contributed by atoms with E-state index in [9.17, 15) is 0 Å². The van der Waals surface area contributed by atoms with Gasteiger partial charge in [0, 0.05) is 9.89 Å². The average Bonchev–Trinajstić information content (AvgIpc) is 2.88. The van der Waals surface area contributed by atoms with Gasteiger partial charge in [-0.05, 0) is 24.1 Å². The highest BCUT2D eigenvalue weighted by atomic mass is 79.9. The summed E-state index contributed by atoms with van der Waals surface area (Å²) in [7, 11) is 0. The molecule has 1 heterocycles. The Morgan fingerprint density at radius 3 is 2.63 bits per heavy atom. The van der Waals surface area contributed by atoms with Crippen molar-refractivity contribution < 1.29 is 4.74 Å². The van der Waals surface area contributed by atoms with Crippen LogP contribution in [0, 0.1) is 5.41 Å². The van der Waals surface area contributed by atoms with E-state index in [1.165, 1.54) is 18.4 Å². The van der Waals surface area contributed by atoms with Crippen molar-refractivity contribution in [1.29, 1.82) is 0 Å². The summed E-state index contributed by atoms with van der Waals surface area (Å²) in [4.78, 5) is 4.79. The summed E-state index contributed by atoms with van der Waals surface area (Å²) < 4.78 is 6.95. The number of rotatable bonds is 5. The average molecular weight is 324 g/mol. The number of hydrogen-bond donors (Lipinski definition) is 0. The minimum Gasteiger partial charge on any atom is -0.478 e. The second-order valence-electron chi connectivity index (χ2n) is 5.80. The van der Waals surface area contributed by atoms with Gasteiger partial charge in [-0.25, -0.2) is 4.99 Å². The van der Waals surface area contributed by atoms with Gasteiger partial charge in [-0.2, -0.15) is 0 Å². The quantitative estimate of drug-likeness (QED) is 0.735. The summed E-state index contributed by atoms with van der Waals surface area (Å²) in [6.45, 7) is 7.35. The molecule has 0 spiro atoms. The topological polar surface area (TPSA) is 21.6 Å². The van der Waals surface area contributed by atoms with Crippen molar-refractivity contribution in [2.75, 3.05) is 6.61 Å². The molecule has 1 aromatic rings. The van der Waals surface area contributed by atoms with Crippen molar-refractivity contribution in [3.8, 4) is 0 Å². The van der Waals surface area contributed by atoms with E-state index in [1.54, 1.807) is 0 Å². The molecule has 104 valence electrons. The first-order valence-electron chi connectivity index (χ1n) is 6.99. The molecule has 1 atom stereocenters. The second kappa shape index (κ2) is 6.08. The SMILES string of the molecule is CCCCC(C)(C)C1=NC(c2ccc(Br)cc2)CO1. The number of benzene rings is 1. The number of ether oxygens (including phenoxy) is 1. The molecule has 1 unspecified atom stereocenters. The van der Waals surface area contributed by atoms with Crippen LogP contribution in [0.2, 0.25) is 0 Å². The van der Waals surface area contributed by atoms with Crippen LogP contribution in [0.15, 0.2) is 33.7 Å². The highest BCUT2D eigenvalue weighted by Crippen LogP contribution is 2.33. The zero-order chi connectivity index (χ0) is 13.9. The molecule has 0 N–H and O–H groups in total. The molecule has 3 heteroatoms. The van der Waals surface area contributed by atoms with Crippen LogP contribution in [0.1, 0.15) is 51.6 Å². The lowest BCUT2D eigenvalue weighted by Crippen LogP contribution is -2.24. The minimum atomic E-state index is 0.0557. The maximum atomic E-state index is 5.85. The van der Waals surface area contributed by atoms with Crippen molar-refractivity contribution >= 4 is 21.8 Å². The monoisotopic (exact) mass is 323 g/mol. The highest BCUT2D eigenvalue weighted by molar-refractivity contribution is 9.10. The normalized spacial score (nSPS) is 19.2. The van der Waals surface area contributed by atoms with E-state index in [-0.39, 0.29) is 11.5 Å². The summed E-state index contributed by atoms with van der Waals surface area (Å²) in [6.07, 6.45) is 3.57. The summed E-state index contributed by atoms with van der Waals surface area (Å²) in [5, 5.41) is 0. The van der Waals surface area contributed by atoms with E-state index < -0.39 is 0 Å². The Labute approximate surface area is 124 Å². The summed E-state index contributed by atoms with van der Waals surface area (Å²) in [6, 6.07) is 8.51. The third-order valence-corrected chi connectivity index (χ3v) is 4.17. The molecular formula is C16H22BrNO. The molecule has 1 aromatic carbocycles. The van der Waals surface area contributed by atoms with E-state index in [1.807, 2.05) is 0 Å². The fourth-order valence-electron chi connectivity index (χ4n) is 2.33. The van der Waals surface area contributed by atoms with Crippen LogP contribution in [-0.4, -0.2) is 12.5 Å². The van der Waals surface area contributed by atoms with Gasteiger partial charge in [0.25, 0.3) is 0 Å². The summed E-state index contributed by atoms with van der Waals surface area (Å²) in [5.41, 5.74) is 1.28. The predicted molar refractivity (Wildman–Crippen MR) is 83.6 cm³/mol. The van der Waals surface area contributed by atoms with Crippen LogP contribution in [0.5, 0.6) is 0 Å². The maximum absolute atomic E-state index is 5.85. The number of aliphatic imine (C=N–C) groups is 1. The van der Waals surface area contributed by atoms with Crippen LogP contribution in [-0.2, 0) is 4.74 Å². The molecule has 2 nitrogen and oxygen atoms in total. The van der Waals surface area contributed by atoms with Gasteiger partial charge in [-0.15, -0.1) is 0 Å². The largest absolute Gasteiger partial charge is 0.478 e. The van der Waals surface area contributed by atoms with Crippen LogP contribution >= 0.6 is 15.9 Å². The van der Waals surface area contributed by atoms with Crippen LogP contribution in [0.3, 0.4) is 0 Å². The Hall–Kier alpha value is -0.830. The van der Waals surface area contributed by atoms with E-state index in [4.69, 9.17) is 9.73 Å². The van der Waals surface area contributed by atoms with E-state index in [0.717, 1.165) is 16.8 Å². The van der Waals surface area contributed by atoms with Gasteiger partial charge in [0.05, 0.1) is 0 Å². The standard InChI is InChI=1S/C16H22BrNO/c1-4-5-10-16(2,3)15-18-14(11-19-15)12-6-8-13(17)9-7-12/h6-9,14H,4-5,10-11H2,1-3H3. The van der Waals surface area contributed by atoms with Gasteiger partial charge >= 0.3 is 0 Å². The maximum Gasteiger partial charge on any atom is 0.189 e. The predicted octanol–water partition coefficient (Wildman–Crippen LogP) is 5.14. The Bertz CT molecular complexity index is 450. The number of nitrogens with zero attached hydrogens (tertiary/aromatic N) is 1. The molecule has 1 aliphatic rings. The van der Waals surface area contributed by atoms with Gasteiger partial charge in [-0.1, -0.05) is 61.7 Å². The fourth-order valence-corrected chi connectivity index (χ4v) is 2.59. The third-order valence-electron chi connectivity index (χ3n) is 3.64. The first-order chi connectivity index (χ1) is 9.03. The van der Waals surface area contributed by atoms with Crippen LogP contribution < -0.4 is 0 Å². The first-order valence-corrected chi connectivity index (χ1v) is 7.79. The summed E-state index contributed by atoms with van der Waals surface area (Å²) in [5.74, 6) is 0.925. The van der Waals surface area contributed by atoms with Crippen molar-refractivity contribution in [3.05, 3.63) is 34.3 Å². The zero-order valence-corrected chi connectivity index (χ0v) is 13.5. The molecule has 0 amide bonds. The number of unbranched alkanes of at least 4 members (excludes halogenated alkanes) is 1. The molecule has 19 heavy (non-hydrogen) atoms. The molecule has 0 saturated heterocycles. The van der Waals surface area contributed by atoms with Gasteiger partial charge in [0.2, 0.25) is 0 Å². The van der Waals surface area contributed by atoms with Gasteiger partial charge in [0.15, 0.2) is 5.90 Å². The molecular weight excluding hydrogens is 302 g/mol. The molecule has 0 fully saturated rings. The Morgan fingerprint density at radius 2 is 2.00 bits per heavy atom. The third kappa shape index (κ3) is 3.59. The molecule has 0 bridgehead atoms. The van der Waals surface area contributed by atoms with Gasteiger partial charge in [-0.3, -0.25) is 0 Å². The van der Waals surface area contributed by atoms with Gasteiger partial charge in [0.1, 0.15) is 12.6 Å². The van der Waals surface area contributed by atoms with Gasteiger partial charge < -0.3 is 4.74 Å². The van der Waals surface area contributed by atoms with Crippen molar-refractivity contribution in [3.63, 3.8) is 0 Å². The lowest BCUT2D eigenvalue weighted by molar-refractivity contribution is 0.268.